The predicted molar refractivity (Wildman–Crippen MR) is 54.6 cm³/mol. The molecule has 0 saturated heterocycles. The summed E-state index contributed by atoms with van der Waals surface area (Å²) in [7, 11) is 0. The highest BCUT2D eigenvalue weighted by Crippen LogP contribution is 2.40. The number of halogens is 1. The van der Waals surface area contributed by atoms with Crippen LogP contribution in [0.5, 0.6) is 0 Å². The van der Waals surface area contributed by atoms with Crippen LogP contribution in [-0.4, -0.2) is 9.97 Å². The molecule has 1 heterocycles. The number of hydrogen-bond acceptors (Lipinski definition) is 3. The first-order valence-corrected chi connectivity index (χ1v) is 4.89. The second-order valence-electron chi connectivity index (χ2n) is 4.05. The van der Waals surface area contributed by atoms with Crippen molar-refractivity contribution in [2.45, 2.75) is 18.4 Å². The van der Waals surface area contributed by atoms with Crippen LogP contribution < -0.4 is 5.73 Å². The van der Waals surface area contributed by atoms with Crippen molar-refractivity contribution in [1.82, 2.24) is 9.97 Å². The molecule has 1 aromatic heterocycles. The molecule has 1 saturated carbocycles. The Morgan fingerprint density at radius 1 is 1.33 bits per heavy atom. The van der Waals surface area contributed by atoms with Gasteiger partial charge in [0, 0.05) is 11.6 Å². The third kappa shape index (κ3) is 1.37. The molecule has 0 unspecified atom stereocenters. The predicted octanol–water partition coefficient (Wildman–Crippen LogP) is 1.72. The number of hydrogen-bond donors (Lipinski definition) is 1. The topological polar surface area (TPSA) is 51.8 Å². The molecule has 1 aliphatic carbocycles. The van der Waals surface area contributed by atoms with Gasteiger partial charge in [-0.3, -0.25) is 0 Å². The number of fused-ring (bicyclic) bond motifs is 1. The Kier molecular flexibility index (Phi) is 1.59. The van der Waals surface area contributed by atoms with Gasteiger partial charge >= 0.3 is 0 Å². The van der Waals surface area contributed by atoms with Gasteiger partial charge in [0.1, 0.15) is 11.6 Å². The minimum absolute atomic E-state index is 0.271. The first kappa shape index (κ1) is 8.73. The van der Waals surface area contributed by atoms with E-state index in [1.165, 1.54) is 12.1 Å². The van der Waals surface area contributed by atoms with Crippen LogP contribution in [0.4, 0.5) is 4.39 Å². The van der Waals surface area contributed by atoms with Gasteiger partial charge in [0.2, 0.25) is 0 Å². The van der Waals surface area contributed by atoms with Crippen molar-refractivity contribution >= 4 is 10.9 Å². The SMILES string of the molecule is NC1(c2ncc3cc(F)ccc3n2)CC1. The maximum absolute atomic E-state index is 12.9. The molecule has 0 aliphatic heterocycles. The van der Waals surface area contributed by atoms with Crippen LogP contribution in [-0.2, 0) is 5.54 Å². The highest BCUT2D eigenvalue weighted by molar-refractivity contribution is 5.77. The maximum Gasteiger partial charge on any atom is 0.148 e. The molecule has 2 N–H and O–H groups in total. The van der Waals surface area contributed by atoms with E-state index in [1.807, 2.05) is 0 Å². The van der Waals surface area contributed by atoms with Crippen molar-refractivity contribution in [3.8, 4) is 0 Å². The fourth-order valence-electron chi connectivity index (χ4n) is 1.60. The molecule has 0 bridgehead atoms. The van der Waals surface area contributed by atoms with E-state index in [2.05, 4.69) is 9.97 Å². The van der Waals surface area contributed by atoms with Crippen LogP contribution in [0, 0.1) is 5.82 Å². The Balaban J connectivity index is 2.18. The number of nitrogens with zero attached hydrogens (tertiary/aromatic N) is 2. The van der Waals surface area contributed by atoms with Crippen molar-refractivity contribution in [3.63, 3.8) is 0 Å². The first-order chi connectivity index (χ1) is 7.17. The number of rotatable bonds is 1. The summed E-state index contributed by atoms with van der Waals surface area (Å²) in [6.07, 6.45) is 3.49. The Morgan fingerprint density at radius 2 is 2.13 bits per heavy atom. The fraction of sp³-hybridized carbons (Fsp3) is 0.273. The standard InChI is InChI=1S/C11H10FN3/c12-8-1-2-9-7(5-8)6-14-10(15-9)11(13)3-4-11/h1-2,5-6H,3-4,13H2. The molecule has 0 spiro atoms. The Morgan fingerprint density at radius 3 is 2.87 bits per heavy atom. The summed E-state index contributed by atoms with van der Waals surface area (Å²) >= 11 is 0. The lowest BCUT2D eigenvalue weighted by Gasteiger charge is -2.07. The van der Waals surface area contributed by atoms with E-state index >= 15 is 0 Å². The van der Waals surface area contributed by atoms with E-state index in [9.17, 15) is 4.39 Å². The summed E-state index contributed by atoms with van der Waals surface area (Å²) in [6, 6.07) is 4.48. The van der Waals surface area contributed by atoms with E-state index < -0.39 is 0 Å². The van der Waals surface area contributed by atoms with E-state index in [1.54, 1.807) is 12.3 Å². The van der Waals surface area contributed by atoms with Crippen LogP contribution in [0.15, 0.2) is 24.4 Å². The molecule has 0 amide bonds. The van der Waals surface area contributed by atoms with Gasteiger partial charge < -0.3 is 5.73 Å². The summed E-state index contributed by atoms with van der Waals surface area (Å²) < 4.78 is 12.9. The van der Waals surface area contributed by atoms with Crippen molar-refractivity contribution in [2.24, 2.45) is 5.73 Å². The van der Waals surface area contributed by atoms with Crippen LogP contribution >= 0.6 is 0 Å². The van der Waals surface area contributed by atoms with Crippen molar-refractivity contribution in [1.29, 1.82) is 0 Å². The van der Waals surface area contributed by atoms with E-state index in [0.717, 1.165) is 18.4 Å². The number of nitrogens with two attached hydrogens (primary N) is 1. The highest BCUT2D eigenvalue weighted by atomic mass is 19.1. The molecule has 1 aromatic carbocycles. The van der Waals surface area contributed by atoms with Gasteiger partial charge in [0.15, 0.2) is 0 Å². The summed E-state index contributed by atoms with van der Waals surface area (Å²) in [5.41, 5.74) is 6.41. The molecule has 3 nitrogen and oxygen atoms in total. The molecule has 1 fully saturated rings. The third-order valence-electron chi connectivity index (χ3n) is 2.78. The van der Waals surface area contributed by atoms with Crippen LogP contribution in [0.25, 0.3) is 10.9 Å². The van der Waals surface area contributed by atoms with Gasteiger partial charge in [0.25, 0.3) is 0 Å². The van der Waals surface area contributed by atoms with Gasteiger partial charge in [-0.25, -0.2) is 14.4 Å². The van der Waals surface area contributed by atoms with Gasteiger partial charge in [-0.1, -0.05) is 0 Å². The number of benzene rings is 1. The van der Waals surface area contributed by atoms with E-state index in [4.69, 9.17) is 5.73 Å². The van der Waals surface area contributed by atoms with Gasteiger partial charge in [0.05, 0.1) is 11.1 Å². The maximum atomic E-state index is 12.9. The van der Waals surface area contributed by atoms with E-state index in [-0.39, 0.29) is 11.4 Å². The molecule has 15 heavy (non-hydrogen) atoms. The summed E-state index contributed by atoms with van der Waals surface area (Å²) in [5.74, 6) is 0.398. The Bertz CT molecular complexity index is 534. The average Bonchev–Trinajstić information content (AvgIpc) is 2.97. The summed E-state index contributed by atoms with van der Waals surface area (Å²) in [6.45, 7) is 0. The zero-order valence-electron chi connectivity index (χ0n) is 8.07. The number of aromatic nitrogens is 2. The minimum atomic E-state index is -0.331. The summed E-state index contributed by atoms with van der Waals surface area (Å²) in [4.78, 5) is 8.53. The van der Waals surface area contributed by atoms with Crippen LogP contribution in [0.3, 0.4) is 0 Å². The molecular weight excluding hydrogens is 193 g/mol. The minimum Gasteiger partial charge on any atom is -0.319 e. The fourth-order valence-corrected chi connectivity index (χ4v) is 1.60. The van der Waals surface area contributed by atoms with Crippen molar-refractivity contribution in [2.75, 3.05) is 0 Å². The molecule has 3 rings (SSSR count). The second-order valence-corrected chi connectivity index (χ2v) is 4.05. The Hall–Kier alpha value is -1.55. The largest absolute Gasteiger partial charge is 0.319 e. The summed E-state index contributed by atoms with van der Waals surface area (Å²) in [5, 5.41) is 0.711. The van der Waals surface area contributed by atoms with Gasteiger partial charge in [-0.15, -0.1) is 0 Å². The molecule has 4 heteroatoms. The lowest BCUT2D eigenvalue weighted by Crippen LogP contribution is -2.21. The lowest BCUT2D eigenvalue weighted by atomic mass is 10.2. The molecular formula is C11H10FN3. The molecule has 76 valence electrons. The van der Waals surface area contributed by atoms with Crippen molar-refractivity contribution < 1.29 is 4.39 Å². The highest BCUT2D eigenvalue weighted by Gasteiger charge is 2.43. The molecule has 1 aliphatic rings. The molecule has 0 atom stereocenters. The molecule has 0 radical (unpaired) electrons. The van der Waals surface area contributed by atoms with Crippen molar-refractivity contribution in [3.05, 3.63) is 36.0 Å². The van der Waals surface area contributed by atoms with Crippen LogP contribution in [0.1, 0.15) is 18.7 Å². The third-order valence-corrected chi connectivity index (χ3v) is 2.78. The smallest absolute Gasteiger partial charge is 0.148 e. The Labute approximate surface area is 86.1 Å². The van der Waals surface area contributed by atoms with Gasteiger partial charge in [-0.05, 0) is 31.0 Å². The average molecular weight is 203 g/mol. The van der Waals surface area contributed by atoms with Gasteiger partial charge in [-0.2, -0.15) is 0 Å². The lowest BCUT2D eigenvalue weighted by molar-refractivity contribution is 0.629. The zero-order chi connectivity index (χ0) is 10.5. The normalized spacial score (nSPS) is 18.0. The molecule has 2 aromatic rings. The first-order valence-electron chi connectivity index (χ1n) is 4.89. The monoisotopic (exact) mass is 203 g/mol. The van der Waals surface area contributed by atoms with E-state index in [0.29, 0.717) is 11.2 Å². The second kappa shape index (κ2) is 2.73. The quantitative estimate of drug-likeness (QED) is 0.767. The zero-order valence-corrected chi connectivity index (χ0v) is 8.07. The van der Waals surface area contributed by atoms with Crippen LogP contribution in [0.2, 0.25) is 0 Å².